The summed E-state index contributed by atoms with van der Waals surface area (Å²) in [5, 5.41) is 3.16. The first kappa shape index (κ1) is 14.0. The Kier molecular flexibility index (Phi) is 5.45. The molecule has 0 radical (unpaired) electrons. The zero-order valence-electron chi connectivity index (χ0n) is 11.6. The molecule has 96 valence electrons. The van der Waals surface area contributed by atoms with Crippen LogP contribution in [0.3, 0.4) is 0 Å². The molecule has 0 aliphatic carbocycles. The van der Waals surface area contributed by atoms with Crippen molar-refractivity contribution in [3.8, 4) is 5.75 Å². The lowest BCUT2D eigenvalue weighted by molar-refractivity contribution is 0.318. The van der Waals surface area contributed by atoms with Gasteiger partial charge in [0.15, 0.2) is 0 Å². The molecule has 0 saturated heterocycles. The monoisotopic (exact) mass is 236 g/mol. The molecule has 1 rings (SSSR count). The van der Waals surface area contributed by atoms with Crippen LogP contribution in [-0.2, 0) is 6.54 Å². The lowest BCUT2D eigenvalue weighted by atomic mass is 10.0. The van der Waals surface area contributed by atoms with E-state index >= 15 is 0 Å². The first-order valence-electron chi connectivity index (χ1n) is 6.05. The summed E-state index contributed by atoms with van der Waals surface area (Å²) in [6.45, 7) is 7.22. The van der Waals surface area contributed by atoms with Crippen LogP contribution < -0.4 is 10.1 Å². The van der Waals surface area contributed by atoms with Gasteiger partial charge in [0, 0.05) is 25.2 Å². The Bertz CT molecular complexity index is 363. The van der Waals surface area contributed by atoms with Crippen molar-refractivity contribution < 1.29 is 4.74 Å². The van der Waals surface area contributed by atoms with Crippen LogP contribution in [0.4, 0.5) is 0 Å². The third kappa shape index (κ3) is 4.02. The summed E-state index contributed by atoms with van der Waals surface area (Å²) >= 11 is 0. The fourth-order valence-electron chi connectivity index (χ4n) is 1.84. The molecule has 0 amide bonds. The fraction of sp³-hybridized carbons (Fsp3) is 0.571. The minimum absolute atomic E-state index is 0.923. The molecular weight excluding hydrogens is 212 g/mol. The number of aryl methyl sites for hydroxylation is 2. The second-order valence-electron chi connectivity index (χ2n) is 4.59. The van der Waals surface area contributed by atoms with Crippen LogP contribution in [0.2, 0.25) is 0 Å². The minimum Gasteiger partial charge on any atom is -0.496 e. The molecule has 1 aromatic rings. The molecule has 1 N–H and O–H groups in total. The van der Waals surface area contributed by atoms with E-state index in [0.717, 1.165) is 25.4 Å². The Morgan fingerprint density at radius 3 is 2.47 bits per heavy atom. The molecule has 0 bridgehead atoms. The highest BCUT2D eigenvalue weighted by Gasteiger charge is 2.08. The number of likely N-dealkylation sites (N-methyl/N-ethyl adjacent to an activating group) is 2. The van der Waals surface area contributed by atoms with E-state index in [1.54, 1.807) is 7.11 Å². The van der Waals surface area contributed by atoms with Gasteiger partial charge in [-0.2, -0.15) is 0 Å². The van der Waals surface area contributed by atoms with Gasteiger partial charge in [-0.05, 0) is 45.1 Å². The predicted molar refractivity (Wildman–Crippen MR) is 72.7 cm³/mol. The topological polar surface area (TPSA) is 24.5 Å². The van der Waals surface area contributed by atoms with Crippen molar-refractivity contribution in [1.82, 2.24) is 10.2 Å². The summed E-state index contributed by atoms with van der Waals surface area (Å²) < 4.78 is 5.44. The zero-order chi connectivity index (χ0) is 12.8. The third-order valence-corrected chi connectivity index (χ3v) is 3.08. The molecule has 3 heteroatoms. The maximum atomic E-state index is 5.44. The largest absolute Gasteiger partial charge is 0.496 e. The number of hydrogen-bond donors (Lipinski definition) is 1. The Hall–Kier alpha value is -1.06. The maximum Gasteiger partial charge on any atom is 0.123 e. The van der Waals surface area contributed by atoms with Crippen LogP contribution in [0, 0.1) is 13.8 Å². The van der Waals surface area contributed by atoms with Gasteiger partial charge < -0.3 is 15.0 Å². The van der Waals surface area contributed by atoms with E-state index in [9.17, 15) is 0 Å². The Morgan fingerprint density at radius 1 is 1.24 bits per heavy atom. The number of benzene rings is 1. The van der Waals surface area contributed by atoms with Crippen LogP contribution in [0.15, 0.2) is 12.1 Å². The van der Waals surface area contributed by atoms with Crippen molar-refractivity contribution in [1.29, 1.82) is 0 Å². The lowest BCUT2D eigenvalue weighted by Gasteiger charge is -2.19. The molecule has 0 heterocycles. The summed E-state index contributed by atoms with van der Waals surface area (Å²) in [6.07, 6.45) is 0. The molecule has 0 saturated carbocycles. The van der Waals surface area contributed by atoms with E-state index < -0.39 is 0 Å². The lowest BCUT2D eigenvalue weighted by Crippen LogP contribution is -2.27. The quantitative estimate of drug-likeness (QED) is 0.817. The van der Waals surface area contributed by atoms with E-state index in [-0.39, 0.29) is 0 Å². The van der Waals surface area contributed by atoms with Gasteiger partial charge in [-0.3, -0.25) is 0 Å². The summed E-state index contributed by atoms with van der Waals surface area (Å²) in [7, 11) is 5.84. The van der Waals surface area contributed by atoms with E-state index in [2.05, 4.69) is 43.2 Å². The number of rotatable bonds is 6. The number of methoxy groups -OCH3 is 1. The van der Waals surface area contributed by atoms with Gasteiger partial charge in [0.05, 0.1) is 7.11 Å². The van der Waals surface area contributed by atoms with E-state index in [0.29, 0.717) is 0 Å². The first-order valence-corrected chi connectivity index (χ1v) is 6.05. The Morgan fingerprint density at radius 2 is 1.88 bits per heavy atom. The van der Waals surface area contributed by atoms with Crippen LogP contribution in [-0.4, -0.2) is 39.2 Å². The summed E-state index contributed by atoms with van der Waals surface area (Å²) in [6, 6.07) is 4.35. The number of nitrogens with zero attached hydrogens (tertiary/aromatic N) is 1. The Balaban J connectivity index is 2.78. The Labute approximate surface area is 105 Å². The zero-order valence-corrected chi connectivity index (χ0v) is 11.6. The highest BCUT2D eigenvalue weighted by Crippen LogP contribution is 2.23. The maximum absolute atomic E-state index is 5.44. The molecule has 0 aliphatic rings. The molecule has 0 atom stereocenters. The van der Waals surface area contributed by atoms with Gasteiger partial charge in [-0.15, -0.1) is 0 Å². The van der Waals surface area contributed by atoms with Gasteiger partial charge in [-0.1, -0.05) is 6.07 Å². The van der Waals surface area contributed by atoms with Crippen molar-refractivity contribution >= 4 is 0 Å². The highest BCUT2D eigenvalue weighted by atomic mass is 16.5. The average Bonchev–Trinajstić information content (AvgIpc) is 2.31. The van der Waals surface area contributed by atoms with Crippen LogP contribution in [0.25, 0.3) is 0 Å². The standard InChI is InChI=1S/C14H24N2O/c1-11-8-13(10-16(4)7-6-15-3)14(17-5)9-12(11)2/h8-9,15H,6-7,10H2,1-5H3. The minimum atomic E-state index is 0.923. The molecular formula is C14H24N2O. The van der Waals surface area contributed by atoms with Gasteiger partial charge in [0.2, 0.25) is 0 Å². The van der Waals surface area contributed by atoms with E-state index in [1.807, 2.05) is 7.05 Å². The van der Waals surface area contributed by atoms with Gasteiger partial charge >= 0.3 is 0 Å². The fourth-order valence-corrected chi connectivity index (χ4v) is 1.84. The van der Waals surface area contributed by atoms with E-state index in [1.165, 1.54) is 16.7 Å². The van der Waals surface area contributed by atoms with Crippen molar-refractivity contribution in [2.75, 3.05) is 34.3 Å². The van der Waals surface area contributed by atoms with Crippen molar-refractivity contribution in [2.45, 2.75) is 20.4 Å². The van der Waals surface area contributed by atoms with E-state index in [4.69, 9.17) is 4.74 Å². The molecule has 0 aromatic heterocycles. The summed E-state index contributed by atoms with van der Waals surface area (Å²) in [5.41, 5.74) is 3.86. The number of ether oxygens (including phenoxy) is 1. The summed E-state index contributed by atoms with van der Waals surface area (Å²) in [5.74, 6) is 0.990. The third-order valence-electron chi connectivity index (χ3n) is 3.08. The predicted octanol–water partition coefficient (Wildman–Crippen LogP) is 1.96. The van der Waals surface area contributed by atoms with Crippen LogP contribution >= 0.6 is 0 Å². The van der Waals surface area contributed by atoms with Crippen LogP contribution in [0.1, 0.15) is 16.7 Å². The van der Waals surface area contributed by atoms with Gasteiger partial charge in [0.1, 0.15) is 5.75 Å². The smallest absolute Gasteiger partial charge is 0.123 e. The van der Waals surface area contributed by atoms with Crippen molar-refractivity contribution in [3.63, 3.8) is 0 Å². The van der Waals surface area contributed by atoms with Crippen molar-refractivity contribution in [3.05, 3.63) is 28.8 Å². The highest BCUT2D eigenvalue weighted by molar-refractivity contribution is 5.41. The second-order valence-corrected chi connectivity index (χ2v) is 4.59. The molecule has 0 aliphatic heterocycles. The van der Waals surface area contributed by atoms with Gasteiger partial charge in [0.25, 0.3) is 0 Å². The average molecular weight is 236 g/mol. The molecule has 1 aromatic carbocycles. The van der Waals surface area contributed by atoms with Crippen molar-refractivity contribution in [2.24, 2.45) is 0 Å². The summed E-state index contributed by atoms with van der Waals surface area (Å²) in [4.78, 5) is 2.29. The number of hydrogen-bond acceptors (Lipinski definition) is 3. The number of nitrogens with one attached hydrogen (secondary N) is 1. The molecule has 17 heavy (non-hydrogen) atoms. The molecule has 0 unspecified atom stereocenters. The second kappa shape index (κ2) is 6.62. The molecule has 3 nitrogen and oxygen atoms in total. The first-order chi connectivity index (χ1) is 8.08. The SMILES string of the molecule is CNCCN(C)Cc1cc(C)c(C)cc1OC. The van der Waals surface area contributed by atoms with Gasteiger partial charge in [-0.25, -0.2) is 0 Å². The molecule has 0 fully saturated rings. The normalized spacial score (nSPS) is 10.9. The molecule has 0 spiro atoms. The van der Waals surface area contributed by atoms with Crippen LogP contribution in [0.5, 0.6) is 5.75 Å².